The van der Waals surface area contributed by atoms with Crippen molar-refractivity contribution in [3.8, 4) is 0 Å². The molecule has 1 nitrogen and oxygen atoms in total. The van der Waals surface area contributed by atoms with Crippen LogP contribution < -0.4 is 0 Å². The second-order valence-corrected chi connectivity index (χ2v) is 5.89. The summed E-state index contributed by atoms with van der Waals surface area (Å²) < 4.78 is 0. The fraction of sp³-hybridized carbons (Fsp3) is 0.882. The summed E-state index contributed by atoms with van der Waals surface area (Å²) in [5, 5.41) is 0. The lowest BCUT2D eigenvalue weighted by Gasteiger charge is -2.16. The molecule has 0 unspecified atom stereocenters. The third kappa shape index (κ3) is 9.70. The van der Waals surface area contributed by atoms with Crippen LogP contribution in [0.4, 0.5) is 0 Å². The van der Waals surface area contributed by atoms with Crippen molar-refractivity contribution in [3.63, 3.8) is 0 Å². The van der Waals surface area contributed by atoms with Crippen molar-refractivity contribution in [1.82, 2.24) is 4.90 Å². The molecular weight excluding hydrogens is 218 g/mol. The van der Waals surface area contributed by atoms with Crippen LogP contribution in [0.5, 0.6) is 0 Å². The van der Waals surface area contributed by atoms with Crippen molar-refractivity contribution in [1.29, 1.82) is 0 Å². The van der Waals surface area contributed by atoms with Crippen LogP contribution in [0.25, 0.3) is 0 Å². The van der Waals surface area contributed by atoms with Gasteiger partial charge in [-0.1, -0.05) is 50.7 Å². The van der Waals surface area contributed by atoms with E-state index in [-0.39, 0.29) is 0 Å². The van der Waals surface area contributed by atoms with Crippen LogP contribution in [0.1, 0.15) is 77.0 Å². The summed E-state index contributed by atoms with van der Waals surface area (Å²) in [7, 11) is 2.29. The zero-order chi connectivity index (χ0) is 12.9. The Hall–Kier alpha value is -0.300. The van der Waals surface area contributed by atoms with Crippen LogP contribution in [0.3, 0.4) is 0 Å². The maximum absolute atomic E-state index is 2.53. The van der Waals surface area contributed by atoms with Crippen LogP contribution in [-0.2, 0) is 0 Å². The highest BCUT2D eigenvalue weighted by Gasteiger charge is 1.99. The number of nitrogens with zero attached hydrogens (tertiary/aromatic N) is 1. The highest BCUT2D eigenvalue weighted by Crippen LogP contribution is 2.10. The minimum absolute atomic E-state index is 1.31. The van der Waals surface area contributed by atoms with Crippen LogP contribution in [-0.4, -0.2) is 25.0 Å². The molecule has 0 spiro atoms. The Morgan fingerprint density at radius 2 is 0.944 bits per heavy atom. The Labute approximate surface area is 115 Å². The maximum atomic E-state index is 2.53. The minimum Gasteiger partial charge on any atom is -0.306 e. The van der Waals surface area contributed by atoms with E-state index in [4.69, 9.17) is 0 Å². The lowest BCUT2D eigenvalue weighted by molar-refractivity contribution is 0.314. The molecule has 1 aliphatic heterocycles. The van der Waals surface area contributed by atoms with E-state index in [9.17, 15) is 0 Å². The topological polar surface area (TPSA) is 3.24 Å². The predicted octanol–water partition coefficient (Wildman–Crippen LogP) is 5.17. The van der Waals surface area contributed by atoms with Crippen molar-refractivity contribution in [2.45, 2.75) is 77.0 Å². The number of hydrogen-bond acceptors (Lipinski definition) is 1. The van der Waals surface area contributed by atoms with Crippen molar-refractivity contribution >= 4 is 0 Å². The molecule has 106 valence electrons. The normalized spacial score (nSPS) is 25.4. The van der Waals surface area contributed by atoms with Gasteiger partial charge in [0.2, 0.25) is 0 Å². The van der Waals surface area contributed by atoms with Crippen molar-refractivity contribution in [2.75, 3.05) is 20.1 Å². The molecule has 0 fully saturated rings. The summed E-state index contributed by atoms with van der Waals surface area (Å²) in [6.07, 6.45) is 21.6. The monoisotopic (exact) mass is 251 g/mol. The zero-order valence-corrected chi connectivity index (χ0v) is 12.5. The van der Waals surface area contributed by atoms with Gasteiger partial charge in [0.15, 0.2) is 0 Å². The van der Waals surface area contributed by atoms with E-state index in [0.717, 1.165) is 0 Å². The predicted molar refractivity (Wildman–Crippen MR) is 82.0 cm³/mol. The van der Waals surface area contributed by atoms with Gasteiger partial charge in [0.25, 0.3) is 0 Å². The average Bonchev–Trinajstić information content (AvgIpc) is 2.37. The molecule has 0 N–H and O–H groups in total. The van der Waals surface area contributed by atoms with Gasteiger partial charge in [-0.25, -0.2) is 0 Å². The molecule has 0 aromatic heterocycles. The summed E-state index contributed by atoms with van der Waals surface area (Å²) >= 11 is 0. The van der Waals surface area contributed by atoms with Crippen molar-refractivity contribution < 1.29 is 0 Å². The van der Waals surface area contributed by atoms with Gasteiger partial charge in [0.05, 0.1) is 0 Å². The Bertz CT molecular complexity index is 178. The van der Waals surface area contributed by atoms with Gasteiger partial charge in [0, 0.05) is 0 Å². The first kappa shape index (κ1) is 15.8. The van der Waals surface area contributed by atoms with E-state index in [2.05, 4.69) is 24.1 Å². The van der Waals surface area contributed by atoms with E-state index in [1.165, 1.54) is 90.1 Å². The molecule has 1 heteroatoms. The second kappa shape index (κ2) is 11.8. The lowest BCUT2D eigenvalue weighted by Crippen LogP contribution is -2.20. The van der Waals surface area contributed by atoms with Gasteiger partial charge in [-0.2, -0.15) is 0 Å². The molecule has 1 aliphatic rings. The molecule has 0 aromatic rings. The average molecular weight is 251 g/mol. The van der Waals surface area contributed by atoms with Gasteiger partial charge in [-0.05, 0) is 58.7 Å². The van der Waals surface area contributed by atoms with Crippen LogP contribution in [0.15, 0.2) is 12.2 Å². The Balaban J connectivity index is 2.15. The maximum Gasteiger partial charge on any atom is -0.00218 e. The number of allylic oxidation sites excluding steroid dienone is 2. The minimum atomic E-state index is 1.31. The van der Waals surface area contributed by atoms with E-state index < -0.39 is 0 Å². The van der Waals surface area contributed by atoms with Gasteiger partial charge in [-0.15, -0.1) is 0 Å². The highest BCUT2D eigenvalue weighted by molar-refractivity contribution is 4.81. The molecular formula is C17H33N. The number of hydrogen-bond donors (Lipinski definition) is 0. The summed E-state index contributed by atoms with van der Waals surface area (Å²) in [4.78, 5) is 2.53. The largest absolute Gasteiger partial charge is 0.306 e. The van der Waals surface area contributed by atoms with E-state index in [0.29, 0.717) is 0 Å². The van der Waals surface area contributed by atoms with E-state index >= 15 is 0 Å². The third-order valence-corrected chi connectivity index (χ3v) is 3.99. The molecule has 1 heterocycles. The van der Waals surface area contributed by atoms with Crippen LogP contribution in [0, 0.1) is 0 Å². The van der Waals surface area contributed by atoms with Gasteiger partial charge >= 0.3 is 0 Å². The van der Waals surface area contributed by atoms with Gasteiger partial charge < -0.3 is 4.90 Å². The second-order valence-electron chi connectivity index (χ2n) is 5.89. The van der Waals surface area contributed by atoms with Crippen molar-refractivity contribution in [2.24, 2.45) is 0 Å². The summed E-state index contributed by atoms with van der Waals surface area (Å²) in [6, 6.07) is 0. The summed E-state index contributed by atoms with van der Waals surface area (Å²) in [6.45, 7) is 2.61. The fourth-order valence-electron chi connectivity index (χ4n) is 2.70. The zero-order valence-electron chi connectivity index (χ0n) is 12.5. The van der Waals surface area contributed by atoms with Crippen LogP contribution in [0.2, 0.25) is 0 Å². The molecule has 0 amide bonds. The Morgan fingerprint density at radius 1 is 0.556 bits per heavy atom. The standard InChI is InChI=1S/C17H33N/c1-18-16-14-12-10-8-6-4-2-3-5-7-9-11-13-15-17-18/h2-3H,4-17H2,1H3/b3-2-. The number of rotatable bonds is 0. The molecule has 18 heavy (non-hydrogen) atoms. The van der Waals surface area contributed by atoms with Crippen molar-refractivity contribution in [3.05, 3.63) is 12.2 Å². The summed E-state index contributed by atoms with van der Waals surface area (Å²) in [5.74, 6) is 0. The lowest BCUT2D eigenvalue weighted by atomic mass is 10.1. The molecule has 0 radical (unpaired) electrons. The quantitative estimate of drug-likeness (QED) is 0.537. The first-order chi connectivity index (χ1) is 8.89. The molecule has 0 saturated heterocycles. The van der Waals surface area contributed by atoms with E-state index in [1.807, 2.05) is 0 Å². The summed E-state index contributed by atoms with van der Waals surface area (Å²) in [5.41, 5.74) is 0. The fourth-order valence-corrected chi connectivity index (χ4v) is 2.70. The molecule has 0 saturated carbocycles. The Morgan fingerprint density at radius 3 is 1.44 bits per heavy atom. The first-order valence-corrected chi connectivity index (χ1v) is 8.23. The van der Waals surface area contributed by atoms with Crippen LogP contribution >= 0.6 is 0 Å². The van der Waals surface area contributed by atoms with Gasteiger partial charge in [0.1, 0.15) is 0 Å². The van der Waals surface area contributed by atoms with E-state index in [1.54, 1.807) is 0 Å². The SMILES string of the molecule is CN1CCCCCCC/C=C\CCCCCCC1. The molecule has 0 aliphatic carbocycles. The first-order valence-electron chi connectivity index (χ1n) is 8.23. The molecule has 0 aromatic carbocycles. The molecule has 0 atom stereocenters. The third-order valence-electron chi connectivity index (χ3n) is 3.99. The van der Waals surface area contributed by atoms with Gasteiger partial charge in [-0.3, -0.25) is 0 Å². The molecule has 1 rings (SSSR count). The highest BCUT2D eigenvalue weighted by atomic mass is 15.1. The smallest absolute Gasteiger partial charge is 0.00218 e. The Kier molecular flexibility index (Phi) is 10.3. The molecule has 0 bridgehead atoms.